The first kappa shape index (κ1) is 23.1. The monoisotopic (exact) mass is 470 g/mol. The molecule has 9 unspecified atom stereocenters. The third kappa shape index (κ3) is 3.85. The number of benzene rings is 2. The normalized spacial score (nSPS) is 40.0. The van der Waals surface area contributed by atoms with Gasteiger partial charge in [-0.3, -0.25) is 0 Å². The van der Waals surface area contributed by atoms with Crippen LogP contribution >= 0.6 is 0 Å². The third-order valence-corrected chi connectivity index (χ3v) is 16.9. The van der Waals surface area contributed by atoms with Gasteiger partial charge in [-0.1, -0.05) is 113 Å². The smallest absolute Gasteiger partial charge is 0.0544 e. The predicted molar refractivity (Wildman–Crippen MR) is 148 cm³/mol. The van der Waals surface area contributed by atoms with Gasteiger partial charge in [0.05, 0.1) is 8.07 Å². The van der Waals surface area contributed by atoms with Crippen molar-refractivity contribution in [3.8, 4) is 0 Å². The van der Waals surface area contributed by atoms with Crippen LogP contribution < -0.4 is 0 Å². The average molecular weight is 471 g/mol. The quantitative estimate of drug-likeness (QED) is 0.390. The average Bonchev–Trinajstić information content (AvgIpc) is 3.46. The van der Waals surface area contributed by atoms with E-state index in [0.717, 1.165) is 52.5 Å². The van der Waals surface area contributed by atoms with Crippen molar-refractivity contribution in [1.29, 1.82) is 0 Å². The second-order valence-electron chi connectivity index (χ2n) is 13.3. The Morgan fingerprint density at radius 2 is 1.15 bits per heavy atom. The van der Waals surface area contributed by atoms with Crippen molar-refractivity contribution >= 4 is 8.07 Å². The van der Waals surface area contributed by atoms with E-state index in [1.54, 1.807) is 17.5 Å². The van der Waals surface area contributed by atoms with E-state index in [0.29, 0.717) is 0 Å². The molecule has 4 saturated carbocycles. The van der Waals surface area contributed by atoms with E-state index in [1.165, 1.54) is 51.4 Å². The van der Waals surface area contributed by atoms with Crippen molar-refractivity contribution < 1.29 is 0 Å². The fourth-order valence-electron chi connectivity index (χ4n) is 10.6. The van der Waals surface area contributed by atoms with Gasteiger partial charge < -0.3 is 0 Å². The maximum absolute atomic E-state index is 2.86. The first-order valence-electron chi connectivity index (χ1n) is 14.7. The maximum Gasteiger partial charge on any atom is 0.0544 e. The summed E-state index contributed by atoms with van der Waals surface area (Å²) in [7, 11) is -1.38. The lowest BCUT2D eigenvalue weighted by molar-refractivity contribution is 0.227. The van der Waals surface area contributed by atoms with Gasteiger partial charge in [0.25, 0.3) is 0 Å². The lowest BCUT2D eigenvalue weighted by Gasteiger charge is -2.48. The molecule has 2 aromatic rings. The van der Waals surface area contributed by atoms with Crippen molar-refractivity contribution in [2.75, 3.05) is 0 Å². The summed E-state index contributed by atoms with van der Waals surface area (Å²) in [4.78, 5) is 0. The first-order valence-corrected chi connectivity index (χ1v) is 17.8. The molecule has 9 atom stereocenters. The number of hydrogen-bond acceptors (Lipinski definition) is 0. The molecule has 0 nitrogen and oxygen atoms in total. The Bertz CT molecular complexity index is 949. The fourth-order valence-corrected chi connectivity index (χ4v) is 16.6. The zero-order chi connectivity index (χ0) is 23.3. The lowest BCUT2D eigenvalue weighted by Crippen LogP contribution is -2.45. The van der Waals surface area contributed by atoms with Gasteiger partial charge in [-0.25, -0.2) is 0 Å². The van der Waals surface area contributed by atoms with E-state index in [2.05, 4.69) is 80.7 Å². The molecule has 0 spiro atoms. The summed E-state index contributed by atoms with van der Waals surface area (Å²) < 4.78 is 0. The minimum absolute atomic E-state index is 0.825. The Kier molecular flexibility index (Phi) is 6.29. The topological polar surface area (TPSA) is 0 Å². The Hall–Kier alpha value is -1.34. The van der Waals surface area contributed by atoms with Gasteiger partial charge in [0, 0.05) is 0 Å². The summed E-state index contributed by atoms with van der Waals surface area (Å²) in [5.74, 6) is 6.52. The fraction of sp³-hybridized carbons (Fsp3) is 0.636. The Balaban J connectivity index is 1.25. The van der Waals surface area contributed by atoms with Crippen LogP contribution in [0, 0.1) is 29.6 Å². The highest BCUT2D eigenvalue weighted by molar-refractivity contribution is 6.80. The SMILES string of the molecule is CC1CC2C(c3ccccc3)CCCC2C1[Si](C)(C)C1CCC2C(c3ccccc3)CCCC21. The molecule has 0 saturated heterocycles. The largest absolute Gasteiger partial charge is 0.0689 e. The van der Waals surface area contributed by atoms with Crippen LogP contribution in [0.25, 0.3) is 0 Å². The van der Waals surface area contributed by atoms with Crippen LogP contribution in [0.15, 0.2) is 60.7 Å². The summed E-state index contributed by atoms with van der Waals surface area (Å²) in [6.07, 6.45) is 13.4. The van der Waals surface area contributed by atoms with Gasteiger partial charge in [-0.05, 0) is 89.3 Å². The van der Waals surface area contributed by atoms with Crippen LogP contribution in [-0.4, -0.2) is 8.07 Å². The van der Waals surface area contributed by atoms with Gasteiger partial charge in [-0.15, -0.1) is 0 Å². The molecule has 2 aromatic carbocycles. The highest BCUT2D eigenvalue weighted by atomic mass is 28.3. The van der Waals surface area contributed by atoms with E-state index in [1.807, 2.05) is 0 Å². The van der Waals surface area contributed by atoms with E-state index in [-0.39, 0.29) is 0 Å². The maximum atomic E-state index is 2.86. The molecule has 0 aliphatic heterocycles. The summed E-state index contributed by atoms with van der Waals surface area (Å²) in [6, 6.07) is 23.2. The third-order valence-electron chi connectivity index (χ3n) is 11.6. The molecule has 0 radical (unpaired) electrons. The van der Waals surface area contributed by atoms with Crippen molar-refractivity contribution in [3.05, 3.63) is 71.8 Å². The molecule has 0 heterocycles. The lowest BCUT2D eigenvalue weighted by atomic mass is 9.71. The summed E-state index contributed by atoms with van der Waals surface area (Å²) in [6.45, 7) is 8.39. The van der Waals surface area contributed by atoms with Crippen molar-refractivity contribution in [2.45, 2.75) is 101 Å². The molecule has 34 heavy (non-hydrogen) atoms. The van der Waals surface area contributed by atoms with E-state index in [4.69, 9.17) is 0 Å². The molecule has 0 bridgehead atoms. The van der Waals surface area contributed by atoms with Gasteiger partial charge in [0.15, 0.2) is 0 Å². The van der Waals surface area contributed by atoms with Crippen LogP contribution in [0.1, 0.15) is 87.7 Å². The zero-order valence-corrected chi connectivity index (χ0v) is 22.8. The highest BCUT2D eigenvalue weighted by Gasteiger charge is 2.57. The van der Waals surface area contributed by atoms with Crippen LogP contribution in [0.4, 0.5) is 0 Å². The molecule has 1 heteroatoms. The predicted octanol–water partition coefficient (Wildman–Crippen LogP) is 9.67. The summed E-state index contributed by atoms with van der Waals surface area (Å²) >= 11 is 0. The zero-order valence-electron chi connectivity index (χ0n) is 21.8. The van der Waals surface area contributed by atoms with Crippen molar-refractivity contribution in [1.82, 2.24) is 0 Å². The van der Waals surface area contributed by atoms with Crippen molar-refractivity contribution in [3.63, 3.8) is 0 Å². The Morgan fingerprint density at radius 1 is 0.588 bits per heavy atom. The van der Waals surface area contributed by atoms with Crippen LogP contribution in [0.5, 0.6) is 0 Å². The Morgan fingerprint density at radius 3 is 1.76 bits per heavy atom. The van der Waals surface area contributed by atoms with Crippen LogP contribution in [-0.2, 0) is 0 Å². The molecule has 182 valence electrons. The van der Waals surface area contributed by atoms with Crippen molar-refractivity contribution in [2.24, 2.45) is 29.6 Å². The van der Waals surface area contributed by atoms with Crippen LogP contribution in [0.2, 0.25) is 24.2 Å². The molecule has 4 aliphatic carbocycles. The number of rotatable bonds is 4. The number of hydrogen-bond donors (Lipinski definition) is 0. The molecule has 0 amide bonds. The van der Waals surface area contributed by atoms with E-state index in [9.17, 15) is 0 Å². The molecule has 0 N–H and O–H groups in total. The second-order valence-corrected chi connectivity index (χ2v) is 18.3. The van der Waals surface area contributed by atoms with E-state index >= 15 is 0 Å². The van der Waals surface area contributed by atoms with E-state index < -0.39 is 8.07 Å². The van der Waals surface area contributed by atoms with Gasteiger partial charge in [0.1, 0.15) is 0 Å². The molecule has 4 fully saturated rings. The van der Waals surface area contributed by atoms with Crippen LogP contribution in [0.3, 0.4) is 0 Å². The Labute approximate surface area is 210 Å². The minimum Gasteiger partial charge on any atom is -0.0689 e. The second kappa shape index (κ2) is 9.27. The van der Waals surface area contributed by atoms with Gasteiger partial charge >= 0.3 is 0 Å². The molecular formula is C33H46Si. The first-order chi connectivity index (χ1) is 16.6. The summed E-state index contributed by atoms with van der Waals surface area (Å²) in [5, 5.41) is 0. The minimum atomic E-state index is -1.38. The standard InChI is InChI=1S/C33H46Si/c1-23-22-31-27(25-14-8-5-9-15-25)17-11-19-30(31)33(23)34(2,3)32-21-20-28-26(16-10-18-29(28)32)24-12-6-4-7-13-24/h4-9,12-15,23,26-33H,10-11,16-22H2,1-3H3. The molecular weight excluding hydrogens is 424 g/mol. The molecule has 4 aliphatic rings. The molecule has 0 aromatic heterocycles. The number of fused-ring (bicyclic) bond motifs is 2. The molecule has 6 rings (SSSR count). The summed E-state index contributed by atoms with van der Waals surface area (Å²) in [5.41, 5.74) is 5.39. The highest BCUT2D eigenvalue weighted by Crippen LogP contribution is 2.66. The van der Waals surface area contributed by atoms with Gasteiger partial charge in [-0.2, -0.15) is 0 Å². The van der Waals surface area contributed by atoms with Gasteiger partial charge in [0.2, 0.25) is 0 Å².